The minimum absolute atomic E-state index is 2.53. The second kappa shape index (κ2) is 2.79. The normalized spacial score (nSPS) is 18.7. The van der Waals surface area contributed by atoms with Crippen LogP contribution in [0.5, 0.6) is 0 Å². The van der Waals surface area contributed by atoms with E-state index in [4.69, 9.17) is 10.2 Å². The fourth-order valence-electron chi connectivity index (χ4n) is 0.0118. The van der Waals surface area contributed by atoms with Crippen LogP contribution in [0.2, 0.25) is 0 Å². The number of hydrogen-bond acceptors (Lipinski definition) is 4. The molecule has 1 unspecified atom stereocenters. The molecule has 0 radical (unpaired) electrons. The summed E-state index contributed by atoms with van der Waals surface area (Å²) in [5, 5.41) is 7.42. The molecular weight excluding hydrogens is 167 g/mol. The molecule has 7 heavy (non-hydrogen) atoms. The summed E-state index contributed by atoms with van der Waals surface area (Å²) in [4.78, 5) is 7.93. The van der Waals surface area contributed by atoms with Crippen molar-refractivity contribution in [2.75, 3.05) is 0 Å². The van der Waals surface area contributed by atoms with E-state index in [-0.39, 0.29) is 0 Å². The van der Waals surface area contributed by atoms with Crippen molar-refractivity contribution in [1.29, 1.82) is 0 Å². The summed E-state index contributed by atoms with van der Waals surface area (Å²) in [5.74, 6) is 0. The SMILES string of the molecule is O=P(O)(OO)[O][Fe]. The fourth-order valence-corrected chi connectivity index (χ4v) is 0.146. The van der Waals surface area contributed by atoms with Crippen molar-refractivity contribution >= 4 is 7.82 Å². The molecule has 0 saturated heterocycles. The van der Waals surface area contributed by atoms with E-state index < -0.39 is 7.82 Å². The van der Waals surface area contributed by atoms with Crippen molar-refractivity contribution in [1.82, 2.24) is 0 Å². The van der Waals surface area contributed by atoms with Gasteiger partial charge in [0.05, 0.1) is 0 Å². The van der Waals surface area contributed by atoms with Crippen LogP contribution in [0.25, 0.3) is 0 Å². The van der Waals surface area contributed by atoms with E-state index in [1.165, 1.54) is 0 Å². The quantitative estimate of drug-likeness (QED) is 0.264. The van der Waals surface area contributed by atoms with Crippen molar-refractivity contribution < 1.29 is 39.3 Å². The molecule has 0 bridgehead atoms. The summed E-state index contributed by atoms with van der Waals surface area (Å²) >= 11 is 2.53. The molecule has 0 spiro atoms. The Kier molecular flexibility index (Phi) is 3.03. The molecule has 45 valence electrons. The third-order valence-electron chi connectivity index (χ3n) is 0.185. The molecule has 5 nitrogen and oxygen atoms in total. The van der Waals surface area contributed by atoms with Gasteiger partial charge in [-0.1, -0.05) is 0 Å². The average molecular weight is 169 g/mol. The van der Waals surface area contributed by atoms with E-state index >= 15 is 0 Å². The maximum absolute atomic E-state index is 9.75. The van der Waals surface area contributed by atoms with E-state index in [2.05, 4.69) is 24.6 Å². The van der Waals surface area contributed by atoms with E-state index in [1.807, 2.05) is 0 Å². The first-order valence-corrected chi connectivity index (χ1v) is 3.02. The Morgan fingerprint density at radius 3 is 2.14 bits per heavy atom. The first kappa shape index (κ1) is 7.59. The molecule has 0 aromatic rings. The Morgan fingerprint density at radius 2 is 2.14 bits per heavy atom. The Morgan fingerprint density at radius 1 is 1.71 bits per heavy atom. The molecule has 0 rings (SSSR count). The van der Waals surface area contributed by atoms with E-state index in [9.17, 15) is 4.57 Å². The van der Waals surface area contributed by atoms with Crippen LogP contribution in [0, 0.1) is 0 Å². The zero-order chi connectivity index (χ0) is 5.91. The van der Waals surface area contributed by atoms with Crippen LogP contribution in [-0.4, -0.2) is 10.2 Å². The molecule has 0 saturated carbocycles. The van der Waals surface area contributed by atoms with Gasteiger partial charge < -0.3 is 0 Å². The summed E-state index contributed by atoms with van der Waals surface area (Å²) in [6.07, 6.45) is 0. The van der Waals surface area contributed by atoms with Gasteiger partial charge in [-0.25, -0.2) is 0 Å². The average Bonchev–Trinajstić information content (AvgIpc) is 1.68. The van der Waals surface area contributed by atoms with Gasteiger partial charge in [-0.15, -0.1) is 0 Å². The van der Waals surface area contributed by atoms with Gasteiger partial charge in [0.1, 0.15) is 0 Å². The van der Waals surface area contributed by atoms with Crippen LogP contribution in [0.3, 0.4) is 0 Å². The second-order valence-corrected chi connectivity index (χ2v) is 2.45. The van der Waals surface area contributed by atoms with Crippen LogP contribution in [-0.2, 0) is 29.2 Å². The second-order valence-electron chi connectivity index (χ2n) is 0.615. The Balaban J connectivity index is 3.61. The van der Waals surface area contributed by atoms with Crippen LogP contribution < -0.4 is 0 Å². The van der Waals surface area contributed by atoms with Crippen LogP contribution in [0.1, 0.15) is 0 Å². The fraction of sp³-hybridized carbons (Fsp3) is 0. The van der Waals surface area contributed by atoms with E-state index in [1.54, 1.807) is 0 Å². The van der Waals surface area contributed by atoms with Gasteiger partial charge in [0, 0.05) is 0 Å². The molecule has 7 heteroatoms. The first-order valence-electron chi connectivity index (χ1n) is 1.07. The predicted molar refractivity (Wildman–Crippen MR) is 14.6 cm³/mol. The van der Waals surface area contributed by atoms with E-state index in [0.29, 0.717) is 0 Å². The van der Waals surface area contributed by atoms with Gasteiger partial charge in [-0.3, -0.25) is 0 Å². The summed E-state index contributed by atoms with van der Waals surface area (Å²) in [7, 11) is -4.21. The van der Waals surface area contributed by atoms with Crippen molar-refractivity contribution in [3.63, 3.8) is 0 Å². The molecule has 0 heterocycles. The first-order chi connectivity index (χ1) is 3.12. The monoisotopic (exact) mass is 169 g/mol. The van der Waals surface area contributed by atoms with Crippen LogP contribution in [0.4, 0.5) is 0 Å². The molecule has 0 amide bonds. The van der Waals surface area contributed by atoms with E-state index in [0.717, 1.165) is 0 Å². The van der Waals surface area contributed by atoms with Crippen LogP contribution >= 0.6 is 7.82 Å². The molecule has 1 atom stereocenters. The minimum atomic E-state index is -4.21. The molecule has 0 aliphatic heterocycles. The van der Waals surface area contributed by atoms with Gasteiger partial charge in [-0.05, 0) is 0 Å². The van der Waals surface area contributed by atoms with Crippen molar-refractivity contribution in [2.45, 2.75) is 0 Å². The summed E-state index contributed by atoms with van der Waals surface area (Å²) in [6.45, 7) is 0. The van der Waals surface area contributed by atoms with Gasteiger partial charge in [0.2, 0.25) is 0 Å². The predicted octanol–water partition coefficient (Wildman–Crippen LogP) is 0.0548. The van der Waals surface area contributed by atoms with Crippen molar-refractivity contribution in [2.24, 2.45) is 0 Å². The Labute approximate surface area is 47.9 Å². The van der Waals surface area contributed by atoms with Gasteiger partial charge in [0.25, 0.3) is 0 Å². The van der Waals surface area contributed by atoms with Gasteiger partial charge in [0.15, 0.2) is 0 Å². The number of hydrogen-bond donors (Lipinski definition) is 2. The molecular formula is H2FeO5P. The molecule has 2 N–H and O–H groups in total. The summed E-state index contributed by atoms with van der Waals surface area (Å²) < 4.78 is 16.1. The van der Waals surface area contributed by atoms with Crippen LogP contribution in [0.15, 0.2) is 0 Å². The molecule has 0 aromatic heterocycles. The van der Waals surface area contributed by atoms with Crippen molar-refractivity contribution in [3.8, 4) is 0 Å². The summed E-state index contributed by atoms with van der Waals surface area (Å²) in [5.41, 5.74) is 0. The molecule has 0 aromatic carbocycles. The van der Waals surface area contributed by atoms with Gasteiger partial charge in [-0.2, -0.15) is 0 Å². The summed E-state index contributed by atoms with van der Waals surface area (Å²) in [6, 6.07) is 0. The molecule has 0 aliphatic rings. The Hall–Kier alpha value is 0.589. The zero-order valence-electron chi connectivity index (χ0n) is 2.92. The Bertz CT molecular complexity index is 80.1. The third kappa shape index (κ3) is 3.20. The molecule has 0 aliphatic carbocycles. The molecule has 0 fully saturated rings. The van der Waals surface area contributed by atoms with Gasteiger partial charge >= 0.3 is 47.2 Å². The maximum atomic E-state index is 9.75. The third-order valence-corrected chi connectivity index (χ3v) is 1.32. The number of rotatable bonds is 2. The topological polar surface area (TPSA) is 76.0 Å². The number of phosphoric acid groups is 1. The zero-order valence-corrected chi connectivity index (χ0v) is 4.92. The standard InChI is InChI=1S/Fe.H3O5P/c;1-5-6(2,3)4/h;1H,(H2,2,3,4)/q+1;/p-1. The van der Waals surface area contributed by atoms with Crippen molar-refractivity contribution in [3.05, 3.63) is 0 Å².